The molecular formula is C7H11N3O2. The van der Waals surface area contributed by atoms with Crippen molar-refractivity contribution in [2.75, 3.05) is 7.11 Å². The summed E-state index contributed by atoms with van der Waals surface area (Å²) >= 11 is 0. The predicted molar refractivity (Wildman–Crippen MR) is 44.0 cm³/mol. The summed E-state index contributed by atoms with van der Waals surface area (Å²) in [5.41, 5.74) is 0.477. The van der Waals surface area contributed by atoms with Crippen molar-refractivity contribution >= 4 is 5.97 Å². The third-order valence-corrected chi connectivity index (χ3v) is 1.08. The van der Waals surface area contributed by atoms with Gasteiger partial charge in [-0.2, -0.15) is 0 Å². The summed E-state index contributed by atoms with van der Waals surface area (Å²) in [4.78, 5) is 14.5. The van der Waals surface area contributed by atoms with Crippen LogP contribution in [0.4, 0.5) is 0 Å². The van der Waals surface area contributed by atoms with Crippen molar-refractivity contribution in [3.05, 3.63) is 30.1 Å². The summed E-state index contributed by atoms with van der Waals surface area (Å²) in [6.45, 7) is 0. The van der Waals surface area contributed by atoms with Crippen LogP contribution in [0.1, 0.15) is 10.4 Å². The van der Waals surface area contributed by atoms with Crippen LogP contribution in [0.2, 0.25) is 0 Å². The Bertz CT molecular complexity index is 225. The van der Waals surface area contributed by atoms with E-state index in [-0.39, 0.29) is 5.97 Å². The molecule has 4 N–H and O–H groups in total. The van der Waals surface area contributed by atoms with Gasteiger partial charge in [-0.05, 0) is 12.1 Å². The number of ether oxygens (including phenoxy) is 1. The van der Waals surface area contributed by atoms with Crippen LogP contribution in [-0.4, -0.2) is 18.1 Å². The number of hydrogen-bond donors (Lipinski definition) is 2. The maximum Gasteiger partial charge on any atom is 0.339 e. The number of nitrogens with two attached hydrogens (primary N) is 2. The first-order valence-corrected chi connectivity index (χ1v) is 3.16. The minimum absolute atomic E-state index is 0.354. The zero-order chi connectivity index (χ0) is 9.40. The van der Waals surface area contributed by atoms with Crippen molar-refractivity contribution in [3.63, 3.8) is 0 Å². The third kappa shape index (κ3) is 3.09. The molecule has 1 heterocycles. The molecule has 0 aliphatic carbocycles. The maximum atomic E-state index is 10.8. The molecule has 0 aromatic carbocycles. The van der Waals surface area contributed by atoms with Crippen molar-refractivity contribution in [1.29, 1.82) is 0 Å². The Morgan fingerprint density at radius 1 is 1.58 bits per heavy atom. The lowest BCUT2D eigenvalue weighted by Gasteiger charge is -1.94. The summed E-state index contributed by atoms with van der Waals surface area (Å²) in [6.07, 6.45) is 3.07. The summed E-state index contributed by atoms with van der Waals surface area (Å²) in [6, 6.07) is 3.34. The fourth-order valence-electron chi connectivity index (χ4n) is 0.601. The Hall–Kier alpha value is -1.46. The number of hydrogen-bond acceptors (Lipinski definition) is 5. The van der Waals surface area contributed by atoms with Crippen LogP contribution in [0.5, 0.6) is 0 Å². The van der Waals surface area contributed by atoms with E-state index >= 15 is 0 Å². The first-order chi connectivity index (χ1) is 5.84. The van der Waals surface area contributed by atoms with E-state index in [1.807, 2.05) is 0 Å². The predicted octanol–water partition coefficient (Wildman–Crippen LogP) is -0.313. The highest BCUT2D eigenvalue weighted by Gasteiger charge is 2.01. The quantitative estimate of drug-likeness (QED) is 0.342. The molecular weight excluding hydrogens is 158 g/mol. The zero-order valence-corrected chi connectivity index (χ0v) is 6.73. The molecule has 1 aromatic heterocycles. The van der Waals surface area contributed by atoms with Crippen LogP contribution in [0.25, 0.3) is 0 Å². The van der Waals surface area contributed by atoms with Crippen molar-refractivity contribution in [3.8, 4) is 0 Å². The van der Waals surface area contributed by atoms with Gasteiger partial charge in [0.05, 0.1) is 12.7 Å². The van der Waals surface area contributed by atoms with E-state index in [1.54, 1.807) is 18.3 Å². The van der Waals surface area contributed by atoms with Crippen molar-refractivity contribution in [1.82, 2.24) is 4.98 Å². The van der Waals surface area contributed by atoms with Gasteiger partial charge in [-0.15, -0.1) is 0 Å². The number of carbonyl (C=O) groups excluding carboxylic acids is 1. The first kappa shape index (κ1) is 10.5. The summed E-state index contributed by atoms with van der Waals surface area (Å²) in [5, 5.41) is 0. The zero-order valence-electron chi connectivity index (χ0n) is 6.73. The summed E-state index contributed by atoms with van der Waals surface area (Å²) in [7, 11) is 1.34. The molecule has 0 bridgehead atoms. The Kier molecular flexibility index (Phi) is 5.50. The Labute approximate surface area is 70.3 Å². The molecule has 5 heteroatoms. The number of carbonyl (C=O) groups is 1. The van der Waals surface area contributed by atoms with E-state index in [2.05, 4.69) is 21.4 Å². The van der Waals surface area contributed by atoms with E-state index in [0.29, 0.717) is 5.56 Å². The van der Waals surface area contributed by atoms with E-state index in [4.69, 9.17) is 0 Å². The fraction of sp³-hybridized carbons (Fsp3) is 0.143. The number of aromatic nitrogens is 1. The Morgan fingerprint density at radius 2 is 2.25 bits per heavy atom. The second-order valence-corrected chi connectivity index (χ2v) is 1.73. The lowest BCUT2D eigenvalue weighted by atomic mass is 10.3. The molecule has 66 valence electrons. The van der Waals surface area contributed by atoms with E-state index in [9.17, 15) is 4.79 Å². The number of nitrogens with zero attached hydrogens (tertiary/aromatic N) is 1. The van der Waals surface area contributed by atoms with Crippen LogP contribution >= 0.6 is 0 Å². The molecule has 1 rings (SSSR count). The van der Waals surface area contributed by atoms with Crippen molar-refractivity contribution in [2.24, 2.45) is 11.7 Å². The monoisotopic (exact) mass is 169 g/mol. The Balaban J connectivity index is 0.000000561. The van der Waals surface area contributed by atoms with Gasteiger partial charge >= 0.3 is 5.97 Å². The van der Waals surface area contributed by atoms with Gasteiger partial charge in [0.2, 0.25) is 0 Å². The van der Waals surface area contributed by atoms with Gasteiger partial charge in [-0.3, -0.25) is 16.7 Å². The molecule has 0 radical (unpaired) electrons. The lowest BCUT2D eigenvalue weighted by molar-refractivity contribution is 0.0600. The highest BCUT2D eigenvalue weighted by molar-refractivity contribution is 5.88. The smallest absolute Gasteiger partial charge is 0.339 e. The molecule has 1 aromatic rings. The first-order valence-electron chi connectivity index (χ1n) is 3.16. The molecule has 0 aliphatic rings. The molecule has 0 spiro atoms. The second kappa shape index (κ2) is 6.26. The lowest BCUT2D eigenvalue weighted by Crippen LogP contribution is -2.02. The largest absolute Gasteiger partial charge is 0.465 e. The highest BCUT2D eigenvalue weighted by Crippen LogP contribution is 1.96. The molecule has 0 saturated carbocycles. The third-order valence-electron chi connectivity index (χ3n) is 1.08. The topological polar surface area (TPSA) is 91.2 Å². The standard InChI is InChI=1S/C7H7NO2.H4N2/c1-10-7(9)6-3-2-4-8-5-6;1-2/h2-5H,1H3;1-2H2. The van der Waals surface area contributed by atoms with Crippen LogP contribution in [0.3, 0.4) is 0 Å². The van der Waals surface area contributed by atoms with Gasteiger partial charge in [0.1, 0.15) is 0 Å². The van der Waals surface area contributed by atoms with Crippen molar-refractivity contribution in [2.45, 2.75) is 0 Å². The highest BCUT2D eigenvalue weighted by atomic mass is 16.5. The second-order valence-electron chi connectivity index (χ2n) is 1.73. The summed E-state index contributed by atoms with van der Waals surface area (Å²) in [5.74, 6) is 7.65. The molecule has 0 saturated heterocycles. The van der Waals surface area contributed by atoms with Gasteiger partial charge in [0.15, 0.2) is 0 Å². The van der Waals surface area contributed by atoms with Crippen LogP contribution in [0.15, 0.2) is 24.5 Å². The molecule has 0 amide bonds. The van der Waals surface area contributed by atoms with E-state index in [1.165, 1.54) is 13.3 Å². The number of hydrazine groups is 1. The van der Waals surface area contributed by atoms with Gasteiger partial charge in [-0.1, -0.05) is 0 Å². The SMILES string of the molecule is COC(=O)c1cccnc1.NN. The molecule has 12 heavy (non-hydrogen) atoms. The normalized spacial score (nSPS) is 7.92. The van der Waals surface area contributed by atoms with Gasteiger partial charge in [-0.25, -0.2) is 4.79 Å². The van der Waals surface area contributed by atoms with Crippen LogP contribution in [-0.2, 0) is 4.74 Å². The minimum Gasteiger partial charge on any atom is -0.465 e. The average molecular weight is 169 g/mol. The van der Waals surface area contributed by atoms with Gasteiger partial charge in [0.25, 0.3) is 0 Å². The van der Waals surface area contributed by atoms with Gasteiger partial charge < -0.3 is 4.74 Å². The number of methoxy groups -OCH3 is 1. The van der Waals surface area contributed by atoms with Crippen LogP contribution in [0, 0.1) is 0 Å². The van der Waals surface area contributed by atoms with Gasteiger partial charge in [0, 0.05) is 12.4 Å². The molecule has 0 atom stereocenters. The summed E-state index contributed by atoms with van der Waals surface area (Å²) < 4.78 is 4.46. The molecule has 0 fully saturated rings. The number of esters is 1. The molecule has 0 aliphatic heterocycles. The Morgan fingerprint density at radius 3 is 2.67 bits per heavy atom. The van der Waals surface area contributed by atoms with E-state index in [0.717, 1.165) is 0 Å². The van der Waals surface area contributed by atoms with Crippen molar-refractivity contribution < 1.29 is 9.53 Å². The average Bonchev–Trinajstić information content (AvgIpc) is 2.21. The number of pyridine rings is 1. The molecule has 5 nitrogen and oxygen atoms in total. The van der Waals surface area contributed by atoms with Crippen LogP contribution < -0.4 is 11.7 Å². The fourth-order valence-corrected chi connectivity index (χ4v) is 0.601. The maximum absolute atomic E-state index is 10.8. The van der Waals surface area contributed by atoms with E-state index < -0.39 is 0 Å². The minimum atomic E-state index is -0.354. The number of rotatable bonds is 1. The molecule has 0 unspecified atom stereocenters.